The lowest BCUT2D eigenvalue weighted by molar-refractivity contribution is 1.18. The Bertz CT molecular complexity index is 1520. The Morgan fingerprint density at radius 2 is 0.703 bits per heavy atom. The first-order valence-electron chi connectivity index (χ1n) is 12.2. The van der Waals surface area contributed by atoms with E-state index in [1.807, 2.05) is 36.4 Å². The largest absolute Gasteiger partial charge is 0.228 e. The van der Waals surface area contributed by atoms with Crippen molar-refractivity contribution in [3.8, 4) is 56.2 Å². The molecule has 1 heterocycles. The van der Waals surface area contributed by atoms with Crippen molar-refractivity contribution >= 4 is 11.6 Å². The van der Waals surface area contributed by atoms with Crippen LogP contribution >= 0.6 is 11.6 Å². The van der Waals surface area contributed by atoms with Crippen LogP contribution in [0.5, 0.6) is 0 Å². The van der Waals surface area contributed by atoms with Gasteiger partial charge in [0.25, 0.3) is 0 Å². The van der Waals surface area contributed by atoms with E-state index in [0.717, 1.165) is 28.1 Å². The molecule has 1 aromatic heterocycles. The van der Waals surface area contributed by atoms with E-state index in [0.29, 0.717) is 10.8 Å². The molecule has 6 rings (SSSR count). The molecule has 0 saturated carbocycles. The van der Waals surface area contributed by atoms with E-state index in [1.54, 1.807) is 0 Å². The molecule has 37 heavy (non-hydrogen) atoms. The van der Waals surface area contributed by atoms with Gasteiger partial charge in [0.05, 0.1) is 11.4 Å². The number of halogens is 1. The van der Waals surface area contributed by atoms with Gasteiger partial charge >= 0.3 is 0 Å². The summed E-state index contributed by atoms with van der Waals surface area (Å²) >= 11 is 6.14. The summed E-state index contributed by atoms with van der Waals surface area (Å²) in [7, 11) is 0. The topological polar surface area (TPSA) is 25.8 Å². The number of hydrogen-bond donors (Lipinski definition) is 0. The average molecular weight is 495 g/mol. The minimum atomic E-state index is 0.670. The third kappa shape index (κ3) is 5.06. The van der Waals surface area contributed by atoms with E-state index in [4.69, 9.17) is 21.6 Å². The first-order valence-corrected chi connectivity index (χ1v) is 12.6. The number of nitrogens with zero attached hydrogens (tertiary/aromatic N) is 2. The molecule has 0 unspecified atom stereocenters. The Morgan fingerprint density at radius 3 is 1.14 bits per heavy atom. The van der Waals surface area contributed by atoms with E-state index in [-0.39, 0.29) is 0 Å². The van der Waals surface area contributed by atoms with E-state index >= 15 is 0 Å². The number of rotatable bonds is 5. The SMILES string of the molecule is Clc1ccc(-c2nc(-c3ccc(-c4ccccc4)cc3)cc(-c3ccc(-c4ccccc4)cc3)n2)cc1. The highest BCUT2D eigenvalue weighted by Crippen LogP contribution is 2.31. The van der Waals surface area contributed by atoms with Crippen LogP contribution in [0, 0.1) is 0 Å². The summed E-state index contributed by atoms with van der Waals surface area (Å²) < 4.78 is 0. The maximum atomic E-state index is 6.14. The number of aromatic nitrogens is 2. The summed E-state index contributed by atoms with van der Waals surface area (Å²) in [4.78, 5) is 9.88. The first kappa shape index (κ1) is 22.9. The van der Waals surface area contributed by atoms with E-state index in [9.17, 15) is 0 Å². The maximum absolute atomic E-state index is 6.14. The van der Waals surface area contributed by atoms with Crippen molar-refractivity contribution in [3.05, 3.63) is 145 Å². The van der Waals surface area contributed by atoms with Crippen molar-refractivity contribution in [2.24, 2.45) is 0 Å². The van der Waals surface area contributed by atoms with Gasteiger partial charge in [-0.1, -0.05) is 121 Å². The molecule has 0 spiro atoms. The molecule has 3 heteroatoms. The predicted octanol–water partition coefficient (Wildman–Crippen LogP) is 9.46. The summed E-state index contributed by atoms with van der Waals surface area (Å²) in [5, 5.41) is 0.688. The van der Waals surface area contributed by atoms with Crippen molar-refractivity contribution in [1.29, 1.82) is 0 Å². The van der Waals surface area contributed by atoms with Crippen LogP contribution in [0.4, 0.5) is 0 Å². The van der Waals surface area contributed by atoms with Gasteiger partial charge in [-0.2, -0.15) is 0 Å². The lowest BCUT2D eigenvalue weighted by Gasteiger charge is -2.11. The molecular weight excluding hydrogens is 472 g/mol. The highest BCUT2D eigenvalue weighted by Gasteiger charge is 2.11. The maximum Gasteiger partial charge on any atom is 0.160 e. The second kappa shape index (κ2) is 10.2. The monoisotopic (exact) mass is 494 g/mol. The molecule has 6 aromatic rings. The fourth-order valence-corrected chi connectivity index (χ4v) is 4.53. The van der Waals surface area contributed by atoms with Crippen LogP contribution in [0.1, 0.15) is 0 Å². The molecule has 0 bridgehead atoms. The summed E-state index contributed by atoms with van der Waals surface area (Å²) in [5.74, 6) is 0.670. The molecule has 0 aliphatic carbocycles. The lowest BCUT2D eigenvalue weighted by atomic mass is 10.0. The predicted molar refractivity (Wildman–Crippen MR) is 154 cm³/mol. The van der Waals surface area contributed by atoms with Gasteiger partial charge in [-0.3, -0.25) is 0 Å². The standard InChI is InChI=1S/C34H23ClN2/c35-31-21-19-30(20-22-31)34-36-32(28-15-11-26(12-16-28)24-7-3-1-4-8-24)23-33(37-34)29-17-13-27(14-18-29)25-9-5-2-6-10-25/h1-23H. The van der Waals surface area contributed by atoms with E-state index < -0.39 is 0 Å². The van der Waals surface area contributed by atoms with Gasteiger partial charge < -0.3 is 0 Å². The Balaban J connectivity index is 1.42. The molecule has 176 valence electrons. The molecule has 5 aromatic carbocycles. The van der Waals surface area contributed by atoms with Crippen LogP contribution in [0.2, 0.25) is 5.02 Å². The van der Waals surface area contributed by atoms with Gasteiger partial charge in [0, 0.05) is 21.7 Å². The summed E-state index contributed by atoms with van der Waals surface area (Å²) in [6.45, 7) is 0. The third-order valence-corrected chi connectivity index (χ3v) is 6.66. The molecule has 0 fully saturated rings. The first-order chi connectivity index (χ1) is 18.2. The van der Waals surface area contributed by atoms with Crippen LogP contribution < -0.4 is 0 Å². The smallest absolute Gasteiger partial charge is 0.160 e. The molecule has 0 amide bonds. The van der Waals surface area contributed by atoms with Crippen molar-refractivity contribution in [1.82, 2.24) is 9.97 Å². The third-order valence-electron chi connectivity index (χ3n) is 6.40. The summed E-state index contributed by atoms with van der Waals surface area (Å²) in [5.41, 5.74) is 9.49. The number of hydrogen-bond acceptors (Lipinski definition) is 2. The quantitative estimate of drug-likeness (QED) is 0.238. The Labute approximate surface area is 221 Å². The van der Waals surface area contributed by atoms with Gasteiger partial charge in [-0.05, 0) is 52.6 Å². The van der Waals surface area contributed by atoms with Crippen molar-refractivity contribution in [2.75, 3.05) is 0 Å². The minimum Gasteiger partial charge on any atom is -0.228 e. The zero-order chi connectivity index (χ0) is 25.0. The second-order valence-electron chi connectivity index (χ2n) is 8.86. The zero-order valence-electron chi connectivity index (χ0n) is 20.1. The van der Waals surface area contributed by atoms with Crippen LogP contribution in [-0.4, -0.2) is 9.97 Å². The molecule has 0 atom stereocenters. The highest BCUT2D eigenvalue weighted by atomic mass is 35.5. The van der Waals surface area contributed by atoms with Crippen molar-refractivity contribution < 1.29 is 0 Å². The summed E-state index contributed by atoms with van der Waals surface area (Å²) in [6, 6.07) is 47.6. The van der Waals surface area contributed by atoms with Gasteiger partial charge in [-0.25, -0.2) is 9.97 Å². The zero-order valence-corrected chi connectivity index (χ0v) is 20.8. The van der Waals surface area contributed by atoms with Crippen LogP contribution in [0.3, 0.4) is 0 Å². The van der Waals surface area contributed by atoms with Gasteiger partial charge in [0.1, 0.15) is 0 Å². The molecular formula is C34H23ClN2. The average Bonchev–Trinajstić information content (AvgIpc) is 2.98. The van der Waals surface area contributed by atoms with Crippen molar-refractivity contribution in [2.45, 2.75) is 0 Å². The van der Waals surface area contributed by atoms with Gasteiger partial charge in [0.2, 0.25) is 0 Å². The van der Waals surface area contributed by atoms with Crippen LogP contribution in [0.25, 0.3) is 56.2 Å². The Hall–Kier alpha value is -4.53. The molecule has 0 saturated heterocycles. The normalized spacial score (nSPS) is 10.8. The Kier molecular flexibility index (Phi) is 6.33. The number of benzene rings is 5. The van der Waals surface area contributed by atoms with Gasteiger partial charge in [0.15, 0.2) is 5.82 Å². The molecule has 0 N–H and O–H groups in total. The van der Waals surface area contributed by atoms with E-state index in [2.05, 4.69) is 103 Å². The van der Waals surface area contributed by atoms with Crippen LogP contribution in [0.15, 0.2) is 140 Å². The fourth-order valence-electron chi connectivity index (χ4n) is 4.40. The molecule has 0 radical (unpaired) electrons. The highest BCUT2D eigenvalue weighted by molar-refractivity contribution is 6.30. The Morgan fingerprint density at radius 1 is 0.351 bits per heavy atom. The summed E-state index contributed by atoms with van der Waals surface area (Å²) in [6.07, 6.45) is 0. The molecule has 0 aliphatic rings. The van der Waals surface area contributed by atoms with Gasteiger partial charge in [-0.15, -0.1) is 0 Å². The van der Waals surface area contributed by atoms with E-state index in [1.165, 1.54) is 22.3 Å². The fraction of sp³-hybridized carbons (Fsp3) is 0. The van der Waals surface area contributed by atoms with Crippen LogP contribution in [-0.2, 0) is 0 Å². The second-order valence-corrected chi connectivity index (χ2v) is 9.29. The molecule has 0 aliphatic heterocycles. The minimum absolute atomic E-state index is 0.670. The lowest BCUT2D eigenvalue weighted by Crippen LogP contribution is -1.96. The van der Waals surface area contributed by atoms with Crippen molar-refractivity contribution in [3.63, 3.8) is 0 Å². The molecule has 2 nitrogen and oxygen atoms in total.